The summed E-state index contributed by atoms with van der Waals surface area (Å²) in [5, 5.41) is 0. The summed E-state index contributed by atoms with van der Waals surface area (Å²) >= 11 is 0. The molecule has 0 saturated heterocycles. The van der Waals surface area contributed by atoms with Crippen LogP contribution in [0.5, 0.6) is 0 Å². The van der Waals surface area contributed by atoms with Crippen LogP contribution in [0.25, 0.3) is 16.6 Å². The third kappa shape index (κ3) is 2.23. The van der Waals surface area contributed by atoms with Crippen LogP contribution in [0, 0.1) is 0 Å². The summed E-state index contributed by atoms with van der Waals surface area (Å²) in [7, 11) is -3.58. The van der Waals surface area contributed by atoms with Gasteiger partial charge in [-0.15, -0.1) is 0 Å². The van der Waals surface area contributed by atoms with Gasteiger partial charge in [-0.25, -0.2) is 13.1 Å². The number of benzene rings is 1. The van der Waals surface area contributed by atoms with E-state index in [0.29, 0.717) is 5.52 Å². The molecule has 1 N–H and O–H groups in total. The van der Waals surface area contributed by atoms with Gasteiger partial charge >= 0.3 is 0 Å². The fourth-order valence-corrected chi connectivity index (χ4v) is 2.51. The zero-order valence-electron chi connectivity index (χ0n) is 10.6. The van der Waals surface area contributed by atoms with Gasteiger partial charge in [0.05, 0.1) is 29.0 Å². The fraction of sp³-hybridized carbons (Fsp3) is 0.0769. The lowest BCUT2D eigenvalue weighted by molar-refractivity contribution is 0.0982. The van der Waals surface area contributed by atoms with Crippen LogP contribution in [0.1, 0.15) is 10.4 Å². The summed E-state index contributed by atoms with van der Waals surface area (Å²) in [6, 6.07) is 8.71. The van der Waals surface area contributed by atoms with Crippen molar-refractivity contribution in [1.82, 2.24) is 14.1 Å². The van der Waals surface area contributed by atoms with Gasteiger partial charge in [-0.1, -0.05) is 0 Å². The summed E-state index contributed by atoms with van der Waals surface area (Å²) in [5.41, 5.74) is 2.67. The number of fused-ring (bicyclic) bond motifs is 3. The highest BCUT2D eigenvalue weighted by molar-refractivity contribution is 7.89. The van der Waals surface area contributed by atoms with Gasteiger partial charge in [0.15, 0.2) is 0 Å². The van der Waals surface area contributed by atoms with Crippen molar-refractivity contribution in [1.29, 1.82) is 0 Å². The zero-order chi connectivity index (χ0) is 14.3. The molecule has 1 amide bonds. The minimum atomic E-state index is -3.58. The number of hydrogen-bond acceptors (Lipinski definition) is 4. The van der Waals surface area contributed by atoms with E-state index in [4.69, 9.17) is 0 Å². The smallest absolute Gasteiger partial charge is 0.264 e. The van der Waals surface area contributed by atoms with Crippen LogP contribution in [-0.4, -0.2) is 30.0 Å². The third-order valence-electron chi connectivity index (χ3n) is 2.89. The normalized spacial score (nSPS) is 11.8. The molecule has 0 aliphatic carbocycles. The molecule has 0 aliphatic heterocycles. The number of hydrogen-bond donors (Lipinski definition) is 1. The number of carbonyl (C=O) groups is 1. The first-order chi connectivity index (χ1) is 9.44. The molecule has 0 spiro atoms. The molecule has 0 radical (unpaired) electrons. The van der Waals surface area contributed by atoms with Gasteiger partial charge in [-0.05, 0) is 30.3 Å². The SMILES string of the molecule is CS(=O)(=O)NC(=O)c1ccc2c(c1)ncc1cccn12. The van der Waals surface area contributed by atoms with Crippen molar-refractivity contribution in [2.45, 2.75) is 0 Å². The van der Waals surface area contributed by atoms with Crippen molar-refractivity contribution in [3.63, 3.8) is 0 Å². The summed E-state index contributed by atoms with van der Waals surface area (Å²) in [6.07, 6.45) is 4.53. The number of nitrogens with zero attached hydrogens (tertiary/aromatic N) is 2. The van der Waals surface area contributed by atoms with Crippen LogP contribution in [0.4, 0.5) is 0 Å². The molecular weight excluding hydrogens is 278 g/mol. The van der Waals surface area contributed by atoms with E-state index in [1.165, 1.54) is 0 Å². The number of nitrogens with one attached hydrogen (secondary N) is 1. The Bertz CT molecular complexity index is 928. The van der Waals surface area contributed by atoms with Crippen molar-refractivity contribution in [2.24, 2.45) is 0 Å². The van der Waals surface area contributed by atoms with Crippen molar-refractivity contribution >= 4 is 32.5 Å². The predicted octanol–water partition coefficient (Wildman–Crippen LogP) is 1.18. The number of carbonyl (C=O) groups excluding carboxylic acids is 1. The van der Waals surface area contributed by atoms with Crippen molar-refractivity contribution < 1.29 is 13.2 Å². The number of sulfonamides is 1. The monoisotopic (exact) mass is 289 g/mol. The van der Waals surface area contributed by atoms with Crippen LogP contribution in [0.15, 0.2) is 42.7 Å². The summed E-state index contributed by atoms with van der Waals surface area (Å²) in [6.45, 7) is 0. The average molecular weight is 289 g/mol. The Labute approximate surface area is 115 Å². The summed E-state index contributed by atoms with van der Waals surface area (Å²) in [4.78, 5) is 16.1. The molecule has 7 heteroatoms. The van der Waals surface area contributed by atoms with E-state index in [2.05, 4.69) is 4.98 Å². The molecule has 6 nitrogen and oxygen atoms in total. The third-order valence-corrected chi connectivity index (χ3v) is 3.45. The van der Waals surface area contributed by atoms with E-state index in [9.17, 15) is 13.2 Å². The largest absolute Gasteiger partial charge is 0.314 e. The molecule has 3 rings (SSSR count). The van der Waals surface area contributed by atoms with E-state index in [1.807, 2.05) is 27.5 Å². The Morgan fingerprint density at radius 2 is 2.10 bits per heavy atom. The highest BCUT2D eigenvalue weighted by Crippen LogP contribution is 2.17. The molecular formula is C13H11N3O3S. The number of amides is 1. The minimum Gasteiger partial charge on any atom is -0.314 e. The Morgan fingerprint density at radius 1 is 1.30 bits per heavy atom. The van der Waals surface area contributed by atoms with Gasteiger partial charge in [-0.3, -0.25) is 9.78 Å². The maximum absolute atomic E-state index is 11.8. The Kier molecular flexibility index (Phi) is 2.72. The molecule has 2 heterocycles. The lowest BCUT2D eigenvalue weighted by atomic mass is 10.2. The molecule has 0 unspecified atom stereocenters. The maximum Gasteiger partial charge on any atom is 0.264 e. The topological polar surface area (TPSA) is 80.5 Å². The van der Waals surface area contributed by atoms with Crippen molar-refractivity contribution in [2.75, 3.05) is 6.26 Å². The molecule has 0 bridgehead atoms. The first kappa shape index (κ1) is 12.6. The van der Waals surface area contributed by atoms with Crippen LogP contribution in [-0.2, 0) is 10.0 Å². The van der Waals surface area contributed by atoms with Crippen LogP contribution >= 0.6 is 0 Å². The van der Waals surface area contributed by atoms with Crippen LogP contribution in [0.3, 0.4) is 0 Å². The molecule has 1 aromatic carbocycles. The summed E-state index contributed by atoms with van der Waals surface area (Å²) < 4.78 is 26.0. The van der Waals surface area contributed by atoms with Gasteiger partial charge in [0.1, 0.15) is 0 Å². The standard InChI is InChI=1S/C13H11N3O3S/c1-20(18,19)15-13(17)9-4-5-12-11(7-9)14-8-10-3-2-6-16(10)12/h2-8H,1H3,(H,15,17). The van der Waals surface area contributed by atoms with Gasteiger partial charge in [0.25, 0.3) is 5.91 Å². The van der Waals surface area contributed by atoms with E-state index in [0.717, 1.165) is 17.3 Å². The molecule has 0 atom stereocenters. The van der Waals surface area contributed by atoms with Gasteiger partial charge < -0.3 is 4.40 Å². The molecule has 3 aromatic rings. The first-order valence-corrected chi connectivity index (χ1v) is 7.71. The second kappa shape index (κ2) is 4.31. The lowest BCUT2D eigenvalue weighted by Gasteiger charge is -2.05. The molecule has 20 heavy (non-hydrogen) atoms. The predicted molar refractivity (Wildman–Crippen MR) is 75.0 cm³/mol. The van der Waals surface area contributed by atoms with E-state index in [-0.39, 0.29) is 5.56 Å². The second-order valence-electron chi connectivity index (χ2n) is 4.47. The van der Waals surface area contributed by atoms with Crippen LogP contribution < -0.4 is 4.72 Å². The van der Waals surface area contributed by atoms with E-state index >= 15 is 0 Å². The Hall–Kier alpha value is -2.41. The van der Waals surface area contributed by atoms with Gasteiger partial charge in [0, 0.05) is 11.8 Å². The maximum atomic E-state index is 11.8. The molecule has 0 saturated carbocycles. The number of rotatable bonds is 2. The first-order valence-electron chi connectivity index (χ1n) is 5.82. The highest BCUT2D eigenvalue weighted by atomic mass is 32.2. The number of aromatic nitrogens is 2. The van der Waals surface area contributed by atoms with Gasteiger partial charge in [0.2, 0.25) is 10.0 Å². The molecule has 0 fully saturated rings. The quantitative estimate of drug-likeness (QED) is 0.768. The fourth-order valence-electron chi connectivity index (χ4n) is 2.05. The zero-order valence-corrected chi connectivity index (χ0v) is 11.4. The van der Waals surface area contributed by atoms with Crippen molar-refractivity contribution in [3.8, 4) is 0 Å². The minimum absolute atomic E-state index is 0.252. The molecule has 2 aromatic heterocycles. The molecule has 102 valence electrons. The Balaban J connectivity index is 2.11. The average Bonchev–Trinajstić information content (AvgIpc) is 2.84. The summed E-state index contributed by atoms with van der Waals surface area (Å²) in [5.74, 6) is -0.663. The van der Waals surface area contributed by atoms with Crippen molar-refractivity contribution in [3.05, 3.63) is 48.3 Å². The van der Waals surface area contributed by atoms with E-state index in [1.54, 1.807) is 24.4 Å². The Morgan fingerprint density at radius 3 is 2.85 bits per heavy atom. The highest BCUT2D eigenvalue weighted by Gasteiger charge is 2.12. The van der Waals surface area contributed by atoms with E-state index < -0.39 is 15.9 Å². The second-order valence-corrected chi connectivity index (χ2v) is 6.22. The lowest BCUT2D eigenvalue weighted by Crippen LogP contribution is -2.29. The molecule has 0 aliphatic rings. The van der Waals surface area contributed by atoms with Crippen LogP contribution in [0.2, 0.25) is 0 Å². The van der Waals surface area contributed by atoms with Gasteiger partial charge in [-0.2, -0.15) is 0 Å².